The van der Waals surface area contributed by atoms with Gasteiger partial charge in [0.1, 0.15) is 12.3 Å². The van der Waals surface area contributed by atoms with E-state index in [0.717, 1.165) is 31.2 Å². The molecule has 104 valence electrons. The summed E-state index contributed by atoms with van der Waals surface area (Å²) in [7, 11) is 1.64. The van der Waals surface area contributed by atoms with Gasteiger partial charge >= 0.3 is 6.09 Å². The van der Waals surface area contributed by atoms with Gasteiger partial charge in [-0.3, -0.25) is 5.32 Å². The molecule has 19 heavy (non-hydrogen) atoms. The molecule has 0 atom stereocenters. The van der Waals surface area contributed by atoms with E-state index in [1.807, 2.05) is 30.3 Å². The van der Waals surface area contributed by atoms with Gasteiger partial charge in [0, 0.05) is 7.11 Å². The topological polar surface area (TPSA) is 47.6 Å². The Morgan fingerprint density at radius 3 is 2.53 bits per heavy atom. The van der Waals surface area contributed by atoms with Crippen LogP contribution in [0.3, 0.4) is 0 Å². The molecule has 1 aromatic carbocycles. The Morgan fingerprint density at radius 2 is 1.89 bits per heavy atom. The number of methoxy groups -OCH3 is 1. The predicted molar refractivity (Wildman–Crippen MR) is 72.6 cm³/mol. The number of carbonyl (C=O) groups is 1. The Balaban J connectivity index is 1.83. The molecule has 0 saturated heterocycles. The third-order valence-electron chi connectivity index (χ3n) is 3.59. The first-order valence-corrected chi connectivity index (χ1v) is 6.78. The number of nitrogens with one attached hydrogen (secondary N) is 1. The van der Waals surface area contributed by atoms with Crippen LogP contribution in [0.25, 0.3) is 0 Å². The van der Waals surface area contributed by atoms with Gasteiger partial charge in [-0.15, -0.1) is 0 Å². The number of hydrogen-bond acceptors (Lipinski definition) is 3. The fraction of sp³-hybridized carbons (Fsp3) is 0.533. The van der Waals surface area contributed by atoms with Crippen LogP contribution in [0.15, 0.2) is 30.3 Å². The molecule has 1 aliphatic rings. The van der Waals surface area contributed by atoms with Gasteiger partial charge in [0.25, 0.3) is 0 Å². The summed E-state index contributed by atoms with van der Waals surface area (Å²) in [6.45, 7) is 0.284. The number of amides is 1. The Bertz CT molecular complexity index is 399. The zero-order chi connectivity index (χ0) is 13.6. The second kappa shape index (κ2) is 6.57. The molecule has 0 aromatic heterocycles. The van der Waals surface area contributed by atoms with E-state index in [-0.39, 0.29) is 6.61 Å². The normalized spacial score (nSPS) is 17.7. The zero-order valence-electron chi connectivity index (χ0n) is 11.4. The molecule has 1 aromatic rings. The highest BCUT2D eigenvalue weighted by atomic mass is 16.6. The van der Waals surface area contributed by atoms with Gasteiger partial charge in [0.15, 0.2) is 0 Å². The van der Waals surface area contributed by atoms with Gasteiger partial charge in [0.05, 0.1) is 0 Å². The smallest absolute Gasteiger partial charge is 0.409 e. The Morgan fingerprint density at radius 1 is 1.21 bits per heavy atom. The molecule has 1 N–H and O–H groups in total. The number of hydrogen-bond donors (Lipinski definition) is 1. The standard InChI is InChI=1S/C15H21NO3/c1-18-15(10-6-3-7-11-15)16-14(17)19-12-13-8-4-2-5-9-13/h2,4-5,8-9H,3,6-7,10-12H2,1H3,(H,16,17). The first kappa shape index (κ1) is 13.9. The van der Waals surface area contributed by atoms with Crippen LogP contribution in [-0.4, -0.2) is 18.9 Å². The minimum Gasteiger partial charge on any atom is -0.445 e. The molecule has 0 bridgehead atoms. The summed E-state index contributed by atoms with van der Waals surface area (Å²) in [5.74, 6) is 0. The second-order valence-electron chi connectivity index (χ2n) is 4.95. The minimum absolute atomic E-state index is 0.284. The van der Waals surface area contributed by atoms with Gasteiger partial charge in [-0.1, -0.05) is 36.8 Å². The number of carbonyl (C=O) groups excluding carboxylic acids is 1. The van der Waals surface area contributed by atoms with Gasteiger partial charge in [-0.25, -0.2) is 4.79 Å². The lowest BCUT2D eigenvalue weighted by atomic mass is 9.92. The Labute approximate surface area is 114 Å². The maximum atomic E-state index is 11.8. The molecule has 0 aliphatic heterocycles. The maximum absolute atomic E-state index is 11.8. The van der Waals surface area contributed by atoms with Crippen molar-refractivity contribution in [2.45, 2.75) is 44.4 Å². The summed E-state index contributed by atoms with van der Waals surface area (Å²) in [6.07, 6.45) is 4.65. The molecule has 0 spiro atoms. The number of benzene rings is 1. The van der Waals surface area contributed by atoms with Gasteiger partial charge in [-0.05, 0) is 31.2 Å². The van der Waals surface area contributed by atoms with E-state index < -0.39 is 11.8 Å². The summed E-state index contributed by atoms with van der Waals surface area (Å²) in [4.78, 5) is 11.8. The van der Waals surface area contributed by atoms with Crippen LogP contribution >= 0.6 is 0 Å². The molecule has 1 amide bonds. The van der Waals surface area contributed by atoms with E-state index >= 15 is 0 Å². The lowest BCUT2D eigenvalue weighted by Gasteiger charge is -2.36. The molecule has 0 unspecified atom stereocenters. The van der Waals surface area contributed by atoms with Crippen molar-refractivity contribution in [2.24, 2.45) is 0 Å². The van der Waals surface area contributed by atoms with Crippen molar-refractivity contribution in [3.63, 3.8) is 0 Å². The molecular weight excluding hydrogens is 242 g/mol. The molecule has 0 radical (unpaired) electrons. The first-order valence-electron chi connectivity index (χ1n) is 6.78. The van der Waals surface area contributed by atoms with Crippen molar-refractivity contribution in [3.05, 3.63) is 35.9 Å². The van der Waals surface area contributed by atoms with Crippen molar-refractivity contribution in [3.8, 4) is 0 Å². The summed E-state index contributed by atoms with van der Waals surface area (Å²) in [5, 5.41) is 2.87. The first-order chi connectivity index (χ1) is 9.24. The minimum atomic E-state index is -0.536. The third kappa shape index (κ3) is 3.96. The van der Waals surface area contributed by atoms with Gasteiger partial charge in [-0.2, -0.15) is 0 Å². The van der Waals surface area contributed by atoms with Crippen LogP contribution in [-0.2, 0) is 16.1 Å². The average Bonchev–Trinajstić information content (AvgIpc) is 2.47. The van der Waals surface area contributed by atoms with Crippen molar-refractivity contribution in [1.29, 1.82) is 0 Å². The monoisotopic (exact) mass is 263 g/mol. The third-order valence-corrected chi connectivity index (χ3v) is 3.59. The van der Waals surface area contributed by atoms with Crippen molar-refractivity contribution in [1.82, 2.24) is 5.32 Å². The van der Waals surface area contributed by atoms with Crippen LogP contribution < -0.4 is 5.32 Å². The lowest BCUT2D eigenvalue weighted by Crippen LogP contribution is -2.51. The van der Waals surface area contributed by atoms with Crippen molar-refractivity contribution >= 4 is 6.09 Å². The highest BCUT2D eigenvalue weighted by Gasteiger charge is 2.33. The molecule has 0 heterocycles. The molecule has 1 aliphatic carbocycles. The van der Waals surface area contributed by atoms with Gasteiger partial charge < -0.3 is 9.47 Å². The van der Waals surface area contributed by atoms with E-state index in [4.69, 9.17) is 9.47 Å². The highest BCUT2D eigenvalue weighted by molar-refractivity contribution is 5.68. The van der Waals surface area contributed by atoms with Crippen LogP contribution in [0.4, 0.5) is 4.79 Å². The summed E-state index contributed by atoms with van der Waals surface area (Å²) < 4.78 is 10.7. The van der Waals surface area contributed by atoms with Crippen LogP contribution in [0.2, 0.25) is 0 Å². The van der Waals surface area contributed by atoms with E-state index in [2.05, 4.69) is 5.32 Å². The van der Waals surface area contributed by atoms with Crippen LogP contribution in [0.1, 0.15) is 37.7 Å². The fourth-order valence-corrected chi connectivity index (χ4v) is 2.45. The SMILES string of the molecule is COC1(NC(=O)OCc2ccccc2)CCCCC1. The van der Waals surface area contributed by atoms with Crippen LogP contribution in [0.5, 0.6) is 0 Å². The molecular formula is C15H21NO3. The van der Waals surface area contributed by atoms with Crippen molar-refractivity contribution < 1.29 is 14.3 Å². The summed E-state index contributed by atoms with van der Waals surface area (Å²) in [5.41, 5.74) is 0.444. The van der Waals surface area contributed by atoms with E-state index in [1.165, 1.54) is 6.42 Å². The van der Waals surface area contributed by atoms with E-state index in [1.54, 1.807) is 7.11 Å². The largest absolute Gasteiger partial charge is 0.445 e. The van der Waals surface area contributed by atoms with Crippen molar-refractivity contribution in [2.75, 3.05) is 7.11 Å². The summed E-state index contributed by atoms with van der Waals surface area (Å²) in [6, 6.07) is 9.65. The molecule has 4 nitrogen and oxygen atoms in total. The van der Waals surface area contributed by atoms with Gasteiger partial charge in [0.2, 0.25) is 0 Å². The van der Waals surface area contributed by atoms with Crippen LogP contribution in [0, 0.1) is 0 Å². The predicted octanol–water partition coefficient (Wildman–Crippen LogP) is 3.22. The highest BCUT2D eigenvalue weighted by Crippen LogP contribution is 2.28. The Kier molecular flexibility index (Phi) is 4.80. The average molecular weight is 263 g/mol. The number of alkyl carbamates (subject to hydrolysis) is 1. The lowest BCUT2D eigenvalue weighted by molar-refractivity contribution is -0.0633. The zero-order valence-corrected chi connectivity index (χ0v) is 11.4. The van der Waals surface area contributed by atoms with E-state index in [9.17, 15) is 4.79 Å². The number of ether oxygens (including phenoxy) is 2. The number of rotatable bonds is 4. The molecule has 4 heteroatoms. The maximum Gasteiger partial charge on any atom is 0.409 e. The Hall–Kier alpha value is -1.55. The molecule has 1 fully saturated rings. The quantitative estimate of drug-likeness (QED) is 0.848. The molecule has 2 rings (SSSR count). The second-order valence-corrected chi connectivity index (χ2v) is 4.95. The summed E-state index contributed by atoms with van der Waals surface area (Å²) >= 11 is 0. The molecule has 1 saturated carbocycles. The van der Waals surface area contributed by atoms with E-state index in [0.29, 0.717) is 0 Å². The fourth-order valence-electron chi connectivity index (χ4n) is 2.45.